The Morgan fingerprint density at radius 2 is 2.08 bits per heavy atom. The van der Waals surface area contributed by atoms with Crippen LogP contribution in [0.1, 0.15) is 65.1 Å². The van der Waals surface area contributed by atoms with Crippen LogP contribution in [0.2, 0.25) is 0 Å². The number of nitrogens with zero attached hydrogens (tertiary/aromatic N) is 2. The fourth-order valence-electron chi connectivity index (χ4n) is 6.20. The van der Waals surface area contributed by atoms with Crippen molar-refractivity contribution in [2.75, 3.05) is 20.4 Å². The number of ether oxygens (including phenoxy) is 2. The van der Waals surface area contributed by atoms with E-state index in [4.69, 9.17) is 14.5 Å². The molecule has 0 spiro atoms. The summed E-state index contributed by atoms with van der Waals surface area (Å²) in [7, 11) is 1.73. The summed E-state index contributed by atoms with van der Waals surface area (Å²) in [5.74, 6) is -1.44. The van der Waals surface area contributed by atoms with Gasteiger partial charge in [-0.2, -0.15) is 0 Å². The highest BCUT2D eigenvalue weighted by atomic mass is 19.1. The molecule has 2 aromatic heterocycles. The van der Waals surface area contributed by atoms with Crippen LogP contribution in [0.4, 0.5) is 4.39 Å². The van der Waals surface area contributed by atoms with Crippen molar-refractivity contribution in [2.45, 2.75) is 58.2 Å². The summed E-state index contributed by atoms with van der Waals surface area (Å²) in [5.41, 5.74) is 5.80. The number of carbonyl (C=O) groups excluding carboxylic acids is 2. The third-order valence-electron chi connectivity index (χ3n) is 8.01. The summed E-state index contributed by atoms with van der Waals surface area (Å²) < 4.78 is 27.3. The maximum absolute atomic E-state index is 15.0. The van der Waals surface area contributed by atoms with Crippen LogP contribution in [0.15, 0.2) is 16.9 Å². The van der Waals surface area contributed by atoms with Crippen LogP contribution in [-0.4, -0.2) is 41.8 Å². The van der Waals surface area contributed by atoms with Gasteiger partial charge < -0.3 is 19.4 Å². The highest BCUT2D eigenvalue weighted by Crippen LogP contribution is 2.45. The largest absolute Gasteiger partial charge is 0.460 e. The number of carbonyl (C=O) groups is 2. The minimum Gasteiger partial charge on any atom is -0.460 e. The lowest BCUT2D eigenvalue weighted by Gasteiger charge is -2.29. The summed E-state index contributed by atoms with van der Waals surface area (Å²) in [5, 5.41) is 6.78. The summed E-state index contributed by atoms with van der Waals surface area (Å²) in [4.78, 5) is 43.7. The smallest absolute Gasteiger partial charge is 0.313 e. The van der Waals surface area contributed by atoms with E-state index in [0.29, 0.717) is 52.9 Å². The first-order valence-corrected chi connectivity index (χ1v) is 12.9. The van der Waals surface area contributed by atoms with Crippen LogP contribution in [0.3, 0.4) is 0 Å². The average Bonchev–Trinajstić information content (AvgIpc) is 3.26. The SMILES string of the molecule is CCC1C(=O)OCc2c1cc1n(c2=O)Cc2c-1nc1cc(F)c(C)c3c1c2C(NC(=O)COCNC)CC3. The molecule has 4 heterocycles. The van der Waals surface area contributed by atoms with Crippen molar-refractivity contribution in [3.63, 3.8) is 0 Å². The van der Waals surface area contributed by atoms with Gasteiger partial charge in [-0.05, 0) is 61.6 Å². The molecule has 0 bridgehead atoms. The Bertz CT molecular complexity index is 1580. The summed E-state index contributed by atoms with van der Waals surface area (Å²) in [6, 6.07) is 2.96. The number of nitrogens with one attached hydrogen (secondary N) is 2. The molecule has 10 heteroatoms. The van der Waals surface area contributed by atoms with E-state index >= 15 is 0 Å². The highest BCUT2D eigenvalue weighted by molar-refractivity contribution is 5.93. The Kier molecular flexibility index (Phi) is 6.03. The molecule has 2 unspecified atom stereocenters. The number of cyclic esters (lactones) is 1. The highest BCUT2D eigenvalue weighted by Gasteiger charge is 2.37. The Balaban J connectivity index is 1.54. The minimum atomic E-state index is -0.517. The number of hydrogen-bond donors (Lipinski definition) is 2. The van der Waals surface area contributed by atoms with Gasteiger partial charge >= 0.3 is 5.97 Å². The van der Waals surface area contributed by atoms with Gasteiger partial charge in [0, 0.05) is 17.0 Å². The van der Waals surface area contributed by atoms with Gasteiger partial charge in [0.2, 0.25) is 5.91 Å². The number of pyridine rings is 2. The van der Waals surface area contributed by atoms with Crippen LogP contribution >= 0.6 is 0 Å². The van der Waals surface area contributed by atoms with Crippen molar-refractivity contribution in [3.8, 4) is 11.4 Å². The Hall–Kier alpha value is -3.63. The van der Waals surface area contributed by atoms with E-state index in [0.717, 1.165) is 22.1 Å². The van der Waals surface area contributed by atoms with E-state index in [1.807, 2.05) is 13.0 Å². The van der Waals surface area contributed by atoms with Gasteiger partial charge in [0.05, 0.1) is 47.7 Å². The van der Waals surface area contributed by atoms with Crippen LogP contribution in [0.25, 0.3) is 22.3 Å². The number of benzene rings is 1. The van der Waals surface area contributed by atoms with Gasteiger partial charge in [0.25, 0.3) is 5.56 Å². The Morgan fingerprint density at radius 3 is 2.84 bits per heavy atom. The molecule has 0 saturated carbocycles. The molecule has 38 heavy (non-hydrogen) atoms. The average molecular weight is 521 g/mol. The van der Waals surface area contributed by atoms with E-state index in [9.17, 15) is 18.8 Å². The molecule has 2 atom stereocenters. The van der Waals surface area contributed by atoms with E-state index in [1.54, 1.807) is 18.5 Å². The second kappa shape index (κ2) is 9.28. The molecule has 6 rings (SSSR count). The molecule has 9 nitrogen and oxygen atoms in total. The van der Waals surface area contributed by atoms with Gasteiger partial charge in [0.1, 0.15) is 19.0 Å². The van der Waals surface area contributed by atoms with E-state index in [2.05, 4.69) is 10.6 Å². The molecule has 3 aromatic rings. The summed E-state index contributed by atoms with van der Waals surface area (Å²) >= 11 is 0. The second-order valence-corrected chi connectivity index (χ2v) is 10.1. The number of aromatic nitrogens is 2. The fourth-order valence-corrected chi connectivity index (χ4v) is 6.20. The third kappa shape index (κ3) is 3.65. The van der Waals surface area contributed by atoms with Gasteiger partial charge in [-0.1, -0.05) is 6.92 Å². The number of halogens is 1. The topological polar surface area (TPSA) is 112 Å². The monoisotopic (exact) mass is 520 g/mol. The predicted molar refractivity (Wildman–Crippen MR) is 137 cm³/mol. The lowest BCUT2D eigenvalue weighted by molar-refractivity contribution is -0.148. The zero-order valence-corrected chi connectivity index (χ0v) is 21.6. The van der Waals surface area contributed by atoms with Gasteiger partial charge in [-0.25, -0.2) is 9.37 Å². The molecule has 198 valence electrons. The molecule has 0 saturated heterocycles. The maximum atomic E-state index is 15.0. The zero-order valence-electron chi connectivity index (χ0n) is 21.6. The first-order valence-electron chi connectivity index (χ1n) is 12.9. The standard InChI is InChI=1S/C28H29FN4O5/c1-4-14-16-7-22-26-17(9-33(22)27(35)18(16)10-38-28(14)36)25-20(31-23(34)11-37-12-30-3)6-5-15-13(2)19(29)8-21(32-26)24(15)25/h7-8,14,20,30H,4-6,9-12H2,1-3H3,(H,31,34). The van der Waals surface area contributed by atoms with Gasteiger partial charge in [-0.15, -0.1) is 0 Å². The lowest BCUT2D eigenvalue weighted by atomic mass is 9.81. The Labute approximate surface area is 218 Å². The molecular formula is C28H29FN4O5. The number of rotatable bonds is 6. The maximum Gasteiger partial charge on any atom is 0.313 e. The van der Waals surface area contributed by atoms with Crippen molar-refractivity contribution in [1.29, 1.82) is 0 Å². The van der Waals surface area contributed by atoms with Crippen molar-refractivity contribution in [1.82, 2.24) is 20.2 Å². The van der Waals surface area contributed by atoms with Crippen molar-refractivity contribution >= 4 is 22.8 Å². The number of amides is 1. The van der Waals surface area contributed by atoms with Gasteiger partial charge in [-0.3, -0.25) is 19.7 Å². The first-order chi connectivity index (χ1) is 18.3. The quantitative estimate of drug-likeness (QED) is 0.228. The molecular weight excluding hydrogens is 491 g/mol. The van der Waals surface area contributed by atoms with Gasteiger partial charge in [0.15, 0.2) is 0 Å². The number of aryl methyl sites for hydroxylation is 1. The zero-order chi connectivity index (χ0) is 26.7. The van der Waals surface area contributed by atoms with Crippen LogP contribution in [0.5, 0.6) is 0 Å². The number of fused-ring (bicyclic) bond motifs is 5. The number of esters is 1. The minimum absolute atomic E-state index is 0.0533. The van der Waals surface area contributed by atoms with Crippen LogP contribution < -0.4 is 16.2 Å². The molecule has 0 fully saturated rings. The predicted octanol–water partition coefficient (Wildman–Crippen LogP) is 2.72. The summed E-state index contributed by atoms with van der Waals surface area (Å²) in [6.07, 6.45) is 1.69. The Morgan fingerprint density at radius 1 is 1.26 bits per heavy atom. The van der Waals surface area contributed by atoms with Crippen LogP contribution in [-0.2, 0) is 38.6 Å². The lowest BCUT2D eigenvalue weighted by Crippen LogP contribution is -2.35. The van der Waals surface area contributed by atoms with E-state index in [1.165, 1.54) is 6.07 Å². The number of hydrogen-bond acceptors (Lipinski definition) is 7. The molecule has 2 N–H and O–H groups in total. The molecule has 1 aromatic carbocycles. The molecule has 3 aliphatic rings. The molecule has 1 amide bonds. The molecule has 1 aliphatic carbocycles. The van der Waals surface area contributed by atoms with Crippen LogP contribution in [0, 0.1) is 12.7 Å². The van der Waals surface area contributed by atoms with Crippen molar-refractivity contribution < 1.29 is 23.5 Å². The third-order valence-corrected chi connectivity index (χ3v) is 8.01. The van der Waals surface area contributed by atoms with Crippen molar-refractivity contribution in [3.05, 3.63) is 61.7 Å². The molecule has 2 aliphatic heterocycles. The fraction of sp³-hybridized carbons (Fsp3) is 0.429. The normalized spacial score (nSPS) is 19.1. The van der Waals surface area contributed by atoms with Crippen molar-refractivity contribution in [2.24, 2.45) is 0 Å². The second-order valence-electron chi connectivity index (χ2n) is 10.1. The summed E-state index contributed by atoms with van der Waals surface area (Å²) in [6.45, 7) is 4.03. The van der Waals surface area contributed by atoms with E-state index < -0.39 is 5.92 Å². The first kappa shape index (κ1) is 24.7. The molecule has 0 radical (unpaired) electrons. The van der Waals surface area contributed by atoms with E-state index in [-0.39, 0.29) is 55.8 Å².